The molecule has 80 valence electrons. The molecule has 1 aromatic rings. The topological polar surface area (TPSA) is 34.9 Å². The number of hydrogen-bond acceptors (Lipinski definition) is 2. The average molecular weight is 204 g/mol. The Hall–Kier alpha value is -1.38. The summed E-state index contributed by atoms with van der Waals surface area (Å²) in [6.07, 6.45) is 9.31. The third-order valence-electron chi connectivity index (χ3n) is 2.80. The van der Waals surface area contributed by atoms with Gasteiger partial charge in [-0.2, -0.15) is 0 Å². The highest BCUT2D eigenvalue weighted by atomic mass is 16.1. The lowest BCUT2D eigenvalue weighted by molar-refractivity contribution is -0.114. The molecule has 0 aliphatic heterocycles. The van der Waals surface area contributed by atoms with Crippen molar-refractivity contribution in [3.05, 3.63) is 24.3 Å². The Morgan fingerprint density at radius 3 is 3.00 bits per heavy atom. The maximum atomic E-state index is 11.5. The molecule has 0 amide bonds. The van der Waals surface area contributed by atoms with E-state index in [0.29, 0.717) is 6.42 Å². The molecular formula is C12H16N2O. The molecule has 3 nitrogen and oxygen atoms in total. The van der Waals surface area contributed by atoms with Gasteiger partial charge in [-0.3, -0.25) is 4.79 Å². The highest BCUT2D eigenvalue weighted by molar-refractivity contribution is 5.96. The third kappa shape index (κ3) is 2.17. The Balaban J connectivity index is 2.32. The Labute approximate surface area is 89.8 Å². The quantitative estimate of drug-likeness (QED) is 0.741. The Morgan fingerprint density at radius 1 is 1.40 bits per heavy atom. The van der Waals surface area contributed by atoms with Crippen LogP contribution in [0.2, 0.25) is 0 Å². The minimum absolute atomic E-state index is 0.244. The number of carbonyl (C=O) groups excluding carboxylic acids is 1. The van der Waals surface area contributed by atoms with E-state index >= 15 is 0 Å². The first-order valence-electron chi connectivity index (χ1n) is 5.56. The highest BCUT2D eigenvalue weighted by Gasteiger charge is 2.13. The van der Waals surface area contributed by atoms with Gasteiger partial charge < -0.3 is 4.57 Å². The lowest BCUT2D eigenvalue weighted by atomic mass is 10.1. The number of imidazole rings is 1. The number of allylic oxidation sites excluding steroid dienone is 2. The molecule has 0 spiro atoms. The number of ketones is 1. The van der Waals surface area contributed by atoms with Gasteiger partial charge in [0.1, 0.15) is 5.82 Å². The van der Waals surface area contributed by atoms with E-state index in [1.54, 1.807) is 12.3 Å². The average Bonchev–Trinajstić information content (AvgIpc) is 2.61. The van der Waals surface area contributed by atoms with Crippen LogP contribution in [0.1, 0.15) is 38.4 Å². The molecule has 0 radical (unpaired) electrons. The Morgan fingerprint density at radius 2 is 2.20 bits per heavy atom. The molecule has 1 aliphatic rings. The van der Waals surface area contributed by atoms with E-state index in [4.69, 9.17) is 0 Å². The fourth-order valence-corrected chi connectivity index (χ4v) is 1.98. The van der Waals surface area contributed by atoms with Crippen LogP contribution in [0.15, 0.2) is 18.5 Å². The van der Waals surface area contributed by atoms with Crippen molar-refractivity contribution in [3.63, 3.8) is 0 Å². The van der Waals surface area contributed by atoms with Crippen LogP contribution < -0.4 is 0 Å². The predicted octanol–water partition coefficient (Wildman–Crippen LogP) is 2.43. The molecular weight excluding hydrogens is 188 g/mol. The van der Waals surface area contributed by atoms with Gasteiger partial charge in [-0.1, -0.05) is 0 Å². The summed E-state index contributed by atoms with van der Waals surface area (Å²) in [5.41, 5.74) is 1.10. The summed E-state index contributed by atoms with van der Waals surface area (Å²) in [7, 11) is 0. The summed E-state index contributed by atoms with van der Waals surface area (Å²) < 4.78 is 2.09. The molecule has 0 fully saturated rings. The van der Waals surface area contributed by atoms with E-state index in [9.17, 15) is 4.79 Å². The molecule has 3 heteroatoms. The number of aryl methyl sites for hydroxylation is 1. The summed E-state index contributed by atoms with van der Waals surface area (Å²) >= 11 is 0. The van der Waals surface area contributed by atoms with Crippen molar-refractivity contribution in [1.82, 2.24) is 9.55 Å². The molecule has 0 saturated carbocycles. The molecule has 0 unspecified atom stereocenters. The lowest BCUT2D eigenvalue weighted by Crippen LogP contribution is -2.01. The Bertz CT molecular complexity index is 390. The van der Waals surface area contributed by atoms with Gasteiger partial charge >= 0.3 is 0 Å². The second kappa shape index (κ2) is 4.43. The SMILES string of the molecule is CCn1ccnc1C1=CC(=O)CCCC1. The number of carbonyl (C=O) groups is 1. The largest absolute Gasteiger partial charge is 0.332 e. The molecule has 1 aliphatic carbocycles. The van der Waals surface area contributed by atoms with E-state index in [-0.39, 0.29) is 5.78 Å². The zero-order valence-corrected chi connectivity index (χ0v) is 9.07. The molecule has 0 saturated heterocycles. The van der Waals surface area contributed by atoms with Crippen LogP contribution in [0, 0.1) is 0 Å². The maximum absolute atomic E-state index is 11.5. The standard InChI is InChI=1S/C12H16N2O/c1-2-14-8-7-13-12(14)10-5-3-4-6-11(15)9-10/h7-9H,2-6H2,1H3. The first kappa shape index (κ1) is 10.1. The van der Waals surface area contributed by atoms with Crippen LogP contribution in [0.3, 0.4) is 0 Å². The van der Waals surface area contributed by atoms with Crippen LogP contribution in [0.4, 0.5) is 0 Å². The van der Waals surface area contributed by atoms with Crippen molar-refractivity contribution in [2.75, 3.05) is 0 Å². The fraction of sp³-hybridized carbons (Fsp3) is 0.500. The molecule has 0 bridgehead atoms. The van der Waals surface area contributed by atoms with E-state index in [1.165, 1.54) is 0 Å². The lowest BCUT2D eigenvalue weighted by Gasteiger charge is -2.06. The van der Waals surface area contributed by atoms with Crippen molar-refractivity contribution in [2.24, 2.45) is 0 Å². The number of nitrogens with zero attached hydrogens (tertiary/aromatic N) is 2. The number of rotatable bonds is 2. The van der Waals surface area contributed by atoms with Crippen molar-refractivity contribution in [2.45, 2.75) is 39.2 Å². The van der Waals surface area contributed by atoms with Crippen LogP contribution in [0.25, 0.3) is 5.57 Å². The van der Waals surface area contributed by atoms with E-state index in [1.807, 2.05) is 6.20 Å². The van der Waals surface area contributed by atoms with Gasteiger partial charge in [-0.05, 0) is 37.8 Å². The maximum Gasteiger partial charge on any atom is 0.156 e. The minimum Gasteiger partial charge on any atom is -0.332 e. The minimum atomic E-state index is 0.244. The van der Waals surface area contributed by atoms with Crippen LogP contribution >= 0.6 is 0 Å². The van der Waals surface area contributed by atoms with Gasteiger partial charge in [0.25, 0.3) is 0 Å². The first-order valence-corrected chi connectivity index (χ1v) is 5.56. The van der Waals surface area contributed by atoms with Crippen LogP contribution in [-0.4, -0.2) is 15.3 Å². The first-order chi connectivity index (χ1) is 7.31. The second-order valence-corrected chi connectivity index (χ2v) is 3.88. The molecule has 15 heavy (non-hydrogen) atoms. The second-order valence-electron chi connectivity index (χ2n) is 3.88. The van der Waals surface area contributed by atoms with Crippen LogP contribution in [-0.2, 0) is 11.3 Å². The van der Waals surface area contributed by atoms with Gasteiger partial charge in [0.2, 0.25) is 0 Å². The van der Waals surface area contributed by atoms with E-state index in [0.717, 1.165) is 37.2 Å². The zero-order valence-electron chi connectivity index (χ0n) is 9.07. The summed E-state index contributed by atoms with van der Waals surface area (Å²) in [4.78, 5) is 15.8. The molecule has 2 rings (SSSR count). The smallest absolute Gasteiger partial charge is 0.156 e. The van der Waals surface area contributed by atoms with Gasteiger partial charge in [-0.15, -0.1) is 0 Å². The van der Waals surface area contributed by atoms with E-state index < -0.39 is 0 Å². The molecule has 0 N–H and O–H groups in total. The summed E-state index contributed by atoms with van der Waals surface area (Å²) in [5.74, 6) is 1.21. The van der Waals surface area contributed by atoms with Gasteiger partial charge in [-0.25, -0.2) is 4.98 Å². The number of hydrogen-bond donors (Lipinski definition) is 0. The van der Waals surface area contributed by atoms with Crippen molar-refractivity contribution < 1.29 is 4.79 Å². The zero-order chi connectivity index (χ0) is 10.7. The molecule has 0 atom stereocenters. The molecule has 1 aromatic heterocycles. The van der Waals surface area contributed by atoms with Crippen molar-refractivity contribution >= 4 is 11.4 Å². The number of aromatic nitrogens is 2. The van der Waals surface area contributed by atoms with Gasteiger partial charge in [0, 0.05) is 25.4 Å². The summed E-state index contributed by atoms with van der Waals surface area (Å²) in [6.45, 7) is 2.99. The Kier molecular flexibility index (Phi) is 2.99. The normalized spacial score (nSPS) is 17.4. The van der Waals surface area contributed by atoms with Crippen molar-refractivity contribution in [3.8, 4) is 0 Å². The molecule has 1 heterocycles. The monoisotopic (exact) mass is 204 g/mol. The van der Waals surface area contributed by atoms with Gasteiger partial charge in [0.05, 0.1) is 0 Å². The summed E-state index contributed by atoms with van der Waals surface area (Å²) in [6, 6.07) is 0. The van der Waals surface area contributed by atoms with E-state index in [2.05, 4.69) is 16.5 Å². The fourth-order valence-electron chi connectivity index (χ4n) is 1.98. The van der Waals surface area contributed by atoms with Crippen molar-refractivity contribution in [1.29, 1.82) is 0 Å². The van der Waals surface area contributed by atoms with Gasteiger partial charge in [0.15, 0.2) is 5.78 Å². The predicted molar refractivity (Wildman–Crippen MR) is 59.4 cm³/mol. The molecule has 0 aromatic carbocycles. The van der Waals surface area contributed by atoms with Crippen LogP contribution in [0.5, 0.6) is 0 Å². The summed E-state index contributed by atoms with van der Waals surface area (Å²) in [5, 5.41) is 0. The third-order valence-corrected chi connectivity index (χ3v) is 2.80. The highest BCUT2D eigenvalue weighted by Crippen LogP contribution is 2.23.